The molecule has 0 nitrogen and oxygen atoms in total. The summed E-state index contributed by atoms with van der Waals surface area (Å²) in [5, 5.41) is 0. The minimum atomic E-state index is -0.0705. The van der Waals surface area contributed by atoms with Gasteiger partial charge in [0.25, 0.3) is 0 Å². The Morgan fingerprint density at radius 1 is 1.05 bits per heavy atom. The van der Waals surface area contributed by atoms with Crippen molar-refractivity contribution in [2.45, 2.75) is 64.7 Å². The minimum Gasteiger partial charge on any atom is -0.207 e. The van der Waals surface area contributed by atoms with E-state index in [1.54, 1.807) is 12.1 Å². The molecule has 0 N–H and O–H groups in total. The van der Waals surface area contributed by atoms with Crippen molar-refractivity contribution in [3.8, 4) is 0 Å². The fourth-order valence-corrected chi connectivity index (χ4v) is 4.60. The molecule has 0 amide bonds. The second-order valence-electron chi connectivity index (χ2n) is 7.34. The van der Waals surface area contributed by atoms with Crippen LogP contribution < -0.4 is 0 Å². The van der Waals surface area contributed by atoms with Gasteiger partial charge in [0.05, 0.1) is 0 Å². The van der Waals surface area contributed by atoms with E-state index < -0.39 is 0 Å². The molecular formula is C21H29F. The maximum atomic E-state index is 13.3. The van der Waals surface area contributed by atoms with Crippen molar-refractivity contribution < 1.29 is 4.39 Å². The van der Waals surface area contributed by atoms with E-state index in [2.05, 4.69) is 19.1 Å². The predicted octanol–water partition coefficient (Wildman–Crippen LogP) is 6.09. The molecule has 2 aliphatic rings. The van der Waals surface area contributed by atoms with Crippen molar-refractivity contribution in [3.05, 3.63) is 47.3 Å². The summed E-state index contributed by atoms with van der Waals surface area (Å²) >= 11 is 0. The van der Waals surface area contributed by atoms with Gasteiger partial charge >= 0.3 is 0 Å². The smallest absolute Gasteiger partial charge is 0.123 e. The number of hydrogen-bond donors (Lipinski definition) is 0. The molecule has 0 radical (unpaired) electrons. The van der Waals surface area contributed by atoms with Gasteiger partial charge in [0.15, 0.2) is 0 Å². The Balaban J connectivity index is 1.51. The van der Waals surface area contributed by atoms with Crippen molar-refractivity contribution in [2.24, 2.45) is 17.8 Å². The quantitative estimate of drug-likeness (QED) is 0.590. The van der Waals surface area contributed by atoms with Crippen molar-refractivity contribution in [2.75, 3.05) is 0 Å². The molecule has 2 aliphatic carbocycles. The van der Waals surface area contributed by atoms with Crippen LogP contribution in [-0.2, 0) is 12.8 Å². The predicted molar refractivity (Wildman–Crippen MR) is 91.4 cm³/mol. The van der Waals surface area contributed by atoms with Crippen LogP contribution in [0.25, 0.3) is 0 Å². The van der Waals surface area contributed by atoms with E-state index >= 15 is 0 Å². The summed E-state index contributed by atoms with van der Waals surface area (Å²) in [4.78, 5) is 0. The van der Waals surface area contributed by atoms with Crippen LogP contribution in [0.2, 0.25) is 0 Å². The number of hydrogen-bond acceptors (Lipinski definition) is 0. The molecule has 0 bridgehead atoms. The van der Waals surface area contributed by atoms with Crippen LogP contribution in [0.4, 0.5) is 4.39 Å². The third-order valence-electron chi connectivity index (χ3n) is 5.97. The lowest BCUT2D eigenvalue weighted by molar-refractivity contribution is 0.185. The Bertz CT molecular complexity index is 509. The molecule has 0 aliphatic heterocycles. The molecule has 22 heavy (non-hydrogen) atoms. The zero-order valence-electron chi connectivity index (χ0n) is 13.9. The summed E-state index contributed by atoms with van der Waals surface area (Å²) in [6.07, 6.45) is 16.3. The van der Waals surface area contributed by atoms with Crippen LogP contribution in [0, 0.1) is 23.6 Å². The molecule has 1 aromatic carbocycles. The monoisotopic (exact) mass is 300 g/mol. The van der Waals surface area contributed by atoms with Gasteiger partial charge < -0.3 is 0 Å². The van der Waals surface area contributed by atoms with Crippen LogP contribution in [0.15, 0.2) is 30.4 Å². The van der Waals surface area contributed by atoms with E-state index in [4.69, 9.17) is 0 Å². The first kappa shape index (κ1) is 15.8. The van der Waals surface area contributed by atoms with Crippen molar-refractivity contribution in [1.82, 2.24) is 0 Å². The van der Waals surface area contributed by atoms with Crippen LogP contribution in [0.3, 0.4) is 0 Å². The van der Waals surface area contributed by atoms with Crippen LogP contribution >= 0.6 is 0 Å². The number of benzene rings is 1. The molecule has 1 heteroatoms. The van der Waals surface area contributed by atoms with E-state index in [1.165, 1.54) is 62.5 Å². The summed E-state index contributed by atoms with van der Waals surface area (Å²) in [7, 11) is 0. The van der Waals surface area contributed by atoms with E-state index in [1.807, 2.05) is 6.07 Å². The van der Waals surface area contributed by atoms with Crippen molar-refractivity contribution in [3.63, 3.8) is 0 Å². The highest BCUT2D eigenvalue weighted by atomic mass is 19.1. The highest BCUT2D eigenvalue weighted by Crippen LogP contribution is 2.40. The Hall–Kier alpha value is -1.11. The minimum absolute atomic E-state index is 0.0705. The van der Waals surface area contributed by atoms with Crippen molar-refractivity contribution in [1.29, 1.82) is 0 Å². The zero-order chi connectivity index (χ0) is 15.4. The lowest BCUT2D eigenvalue weighted by Crippen LogP contribution is -2.26. The molecule has 1 aromatic rings. The van der Waals surface area contributed by atoms with Gasteiger partial charge in [0.1, 0.15) is 5.82 Å². The van der Waals surface area contributed by atoms with Gasteiger partial charge in [-0.3, -0.25) is 0 Å². The SMILES string of the molecule is C/C=C/CCC1CCC(C2CCc3cc(F)ccc3C2)CC1. The fraction of sp³-hybridized carbons (Fsp3) is 0.619. The van der Waals surface area contributed by atoms with Gasteiger partial charge in [-0.1, -0.05) is 31.1 Å². The second-order valence-corrected chi connectivity index (χ2v) is 7.34. The highest BCUT2D eigenvalue weighted by molar-refractivity contribution is 5.30. The Kier molecular flexibility index (Phi) is 5.33. The maximum Gasteiger partial charge on any atom is 0.123 e. The lowest BCUT2D eigenvalue weighted by atomic mass is 9.69. The molecular weight excluding hydrogens is 271 g/mol. The number of rotatable bonds is 4. The first-order chi connectivity index (χ1) is 10.8. The van der Waals surface area contributed by atoms with Gasteiger partial charge in [-0.15, -0.1) is 0 Å². The van der Waals surface area contributed by atoms with Gasteiger partial charge in [0.2, 0.25) is 0 Å². The van der Waals surface area contributed by atoms with Gasteiger partial charge in [0, 0.05) is 0 Å². The number of aryl methyl sites for hydroxylation is 1. The summed E-state index contributed by atoms with van der Waals surface area (Å²) in [5.41, 5.74) is 2.67. The molecule has 1 fully saturated rings. The number of halogens is 1. The van der Waals surface area contributed by atoms with E-state index in [0.29, 0.717) is 0 Å². The lowest BCUT2D eigenvalue weighted by Gasteiger charge is -2.36. The third-order valence-corrected chi connectivity index (χ3v) is 5.97. The number of allylic oxidation sites excluding steroid dienone is 2. The molecule has 1 unspecified atom stereocenters. The molecule has 0 heterocycles. The Morgan fingerprint density at radius 3 is 2.64 bits per heavy atom. The van der Waals surface area contributed by atoms with Crippen LogP contribution in [-0.4, -0.2) is 0 Å². The first-order valence-electron chi connectivity index (χ1n) is 9.14. The second kappa shape index (κ2) is 7.44. The molecule has 120 valence electrons. The molecule has 0 saturated heterocycles. The largest absolute Gasteiger partial charge is 0.207 e. The summed E-state index contributed by atoms with van der Waals surface area (Å²) < 4.78 is 13.3. The van der Waals surface area contributed by atoms with Gasteiger partial charge in [-0.2, -0.15) is 0 Å². The van der Waals surface area contributed by atoms with E-state index in [0.717, 1.165) is 24.2 Å². The van der Waals surface area contributed by atoms with Crippen molar-refractivity contribution >= 4 is 0 Å². The summed E-state index contributed by atoms with van der Waals surface area (Å²) in [5.74, 6) is 2.64. The molecule has 0 aromatic heterocycles. The fourth-order valence-electron chi connectivity index (χ4n) is 4.60. The maximum absolute atomic E-state index is 13.3. The van der Waals surface area contributed by atoms with Gasteiger partial charge in [-0.25, -0.2) is 4.39 Å². The Morgan fingerprint density at radius 2 is 1.86 bits per heavy atom. The third kappa shape index (κ3) is 3.80. The van der Waals surface area contributed by atoms with E-state index in [-0.39, 0.29) is 5.82 Å². The zero-order valence-corrected chi connectivity index (χ0v) is 13.9. The standard InChI is InChI=1S/C21H29F/c1-2-3-4-5-16-6-8-17(9-7-16)18-10-11-20-15-21(22)13-12-19(20)14-18/h2-3,12-13,15-18H,4-11,14H2,1H3/b3-2+. The first-order valence-corrected chi connectivity index (χ1v) is 9.14. The molecule has 1 atom stereocenters. The number of fused-ring (bicyclic) bond motifs is 1. The summed E-state index contributed by atoms with van der Waals surface area (Å²) in [6, 6.07) is 5.42. The topological polar surface area (TPSA) is 0 Å². The molecule has 0 spiro atoms. The average Bonchev–Trinajstić information content (AvgIpc) is 2.55. The summed E-state index contributed by atoms with van der Waals surface area (Å²) in [6.45, 7) is 2.11. The van der Waals surface area contributed by atoms with Gasteiger partial charge in [-0.05, 0) is 92.9 Å². The normalized spacial score (nSPS) is 28.7. The Labute approximate surface area is 134 Å². The van der Waals surface area contributed by atoms with Crippen LogP contribution in [0.5, 0.6) is 0 Å². The van der Waals surface area contributed by atoms with E-state index in [9.17, 15) is 4.39 Å². The highest BCUT2D eigenvalue weighted by Gasteiger charge is 2.29. The molecule has 3 rings (SSSR count). The molecule has 1 saturated carbocycles. The average molecular weight is 300 g/mol. The van der Waals surface area contributed by atoms with Crippen LogP contribution in [0.1, 0.15) is 63.0 Å².